The first-order valence-corrected chi connectivity index (χ1v) is 9.62. The van der Waals surface area contributed by atoms with Crippen molar-refractivity contribution in [2.24, 2.45) is 0 Å². The quantitative estimate of drug-likeness (QED) is 0.225. The lowest BCUT2D eigenvalue weighted by molar-refractivity contribution is -0.277. The van der Waals surface area contributed by atoms with Gasteiger partial charge in [0.2, 0.25) is 6.29 Å². The molecule has 2 aromatic rings. The number of Topliss-reactive ketones (excluding diaryl/α,β-unsaturated/α-hetero) is 1. The molecule has 10 heteroatoms. The van der Waals surface area contributed by atoms with Crippen LogP contribution in [0.1, 0.15) is 22.3 Å². The highest BCUT2D eigenvalue weighted by Gasteiger charge is 2.45. The van der Waals surface area contributed by atoms with Gasteiger partial charge < -0.3 is 45.8 Å². The van der Waals surface area contributed by atoms with E-state index in [1.807, 2.05) is 0 Å². The number of ether oxygens (including phenoxy) is 2. The Kier molecular flexibility index (Phi) is 6.98. The predicted molar refractivity (Wildman–Crippen MR) is 108 cm³/mol. The Morgan fingerprint density at radius 1 is 1.03 bits per heavy atom. The highest BCUT2D eigenvalue weighted by molar-refractivity contribution is 6.01. The number of nitrogen functional groups attached to an aromatic ring is 1. The summed E-state index contributed by atoms with van der Waals surface area (Å²) in [5.74, 6) is -1.74. The van der Waals surface area contributed by atoms with E-state index in [0.29, 0.717) is 12.1 Å². The Morgan fingerprint density at radius 3 is 2.35 bits per heavy atom. The Bertz CT molecular complexity index is 916. The van der Waals surface area contributed by atoms with Crippen LogP contribution >= 0.6 is 0 Å². The number of phenols is 2. The Morgan fingerprint density at radius 2 is 1.71 bits per heavy atom. The molecular weight excluding hydrogens is 410 g/mol. The topological polar surface area (TPSA) is 183 Å². The van der Waals surface area contributed by atoms with E-state index in [1.54, 1.807) is 24.3 Å². The highest BCUT2D eigenvalue weighted by atomic mass is 16.7. The summed E-state index contributed by atoms with van der Waals surface area (Å²) in [6.45, 7) is -0.663. The van der Waals surface area contributed by atoms with Gasteiger partial charge in [0.15, 0.2) is 5.78 Å². The van der Waals surface area contributed by atoms with Gasteiger partial charge in [-0.1, -0.05) is 12.1 Å². The number of aryl methyl sites for hydroxylation is 1. The number of hydrogen-bond donors (Lipinski definition) is 7. The van der Waals surface area contributed by atoms with Crippen molar-refractivity contribution in [2.45, 2.75) is 43.5 Å². The molecule has 3 rings (SSSR count). The predicted octanol–water partition coefficient (Wildman–Crippen LogP) is -0.326. The van der Waals surface area contributed by atoms with Gasteiger partial charge in [0, 0.05) is 24.2 Å². The maximum absolute atomic E-state index is 12.8. The number of nitrogens with two attached hydrogens (primary N) is 1. The summed E-state index contributed by atoms with van der Waals surface area (Å²) in [6, 6.07) is 8.96. The zero-order valence-electron chi connectivity index (χ0n) is 16.5. The van der Waals surface area contributed by atoms with Crippen molar-refractivity contribution in [2.75, 3.05) is 12.3 Å². The number of carbonyl (C=O) groups excluding carboxylic acids is 1. The van der Waals surface area contributed by atoms with Crippen molar-refractivity contribution in [3.05, 3.63) is 47.5 Å². The summed E-state index contributed by atoms with van der Waals surface area (Å²) in [7, 11) is 0. The zero-order chi connectivity index (χ0) is 22.7. The fraction of sp³-hybridized carbons (Fsp3) is 0.381. The average molecular weight is 435 g/mol. The molecule has 0 unspecified atom stereocenters. The van der Waals surface area contributed by atoms with Gasteiger partial charge >= 0.3 is 0 Å². The molecule has 0 radical (unpaired) electrons. The van der Waals surface area contributed by atoms with Crippen LogP contribution in [0.15, 0.2) is 36.4 Å². The maximum Gasteiger partial charge on any atom is 0.229 e. The molecule has 0 aliphatic carbocycles. The molecule has 1 heterocycles. The molecule has 1 fully saturated rings. The molecule has 10 nitrogen and oxygen atoms in total. The van der Waals surface area contributed by atoms with Crippen LogP contribution in [-0.2, 0) is 11.2 Å². The zero-order valence-corrected chi connectivity index (χ0v) is 16.5. The smallest absolute Gasteiger partial charge is 0.229 e. The molecule has 0 saturated carbocycles. The van der Waals surface area contributed by atoms with E-state index in [-0.39, 0.29) is 17.7 Å². The van der Waals surface area contributed by atoms with Crippen LogP contribution < -0.4 is 10.5 Å². The molecule has 168 valence electrons. The molecule has 2 aromatic carbocycles. The number of phenolic OH excluding ortho intramolecular Hbond substituents is 2. The molecule has 0 amide bonds. The van der Waals surface area contributed by atoms with Crippen LogP contribution in [0.3, 0.4) is 0 Å². The molecule has 0 spiro atoms. The van der Waals surface area contributed by atoms with Gasteiger partial charge in [0.05, 0.1) is 6.61 Å². The minimum atomic E-state index is -1.72. The van der Waals surface area contributed by atoms with Gasteiger partial charge in [-0.05, 0) is 24.1 Å². The van der Waals surface area contributed by atoms with E-state index in [0.717, 1.165) is 17.7 Å². The third-order valence-corrected chi connectivity index (χ3v) is 5.06. The van der Waals surface area contributed by atoms with Gasteiger partial charge in [-0.3, -0.25) is 4.79 Å². The molecule has 0 bridgehead atoms. The summed E-state index contributed by atoms with van der Waals surface area (Å²) in [5.41, 5.74) is 6.83. The van der Waals surface area contributed by atoms with E-state index in [4.69, 9.17) is 15.2 Å². The van der Waals surface area contributed by atoms with Gasteiger partial charge in [0.1, 0.15) is 47.2 Å². The largest absolute Gasteiger partial charge is 0.508 e. The van der Waals surface area contributed by atoms with E-state index in [1.165, 1.54) is 0 Å². The Hall–Kier alpha value is -2.89. The van der Waals surface area contributed by atoms with Crippen LogP contribution in [0, 0.1) is 0 Å². The molecule has 31 heavy (non-hydrogen) atoms. The standard InChI is InChI=1S/C21H25NO9/c22-11-4-1-10(2-5-11)3-6-13(25)17-14(26)7-12(24)8-15(17)30-21-20(29)19(28)18(27)16(9-23)31-21/h1-2,4-5,7-8,16,18-21,23-24,26-29H,3,6,9,22H2/t16-,18-,19+,20+,21-/m1/s1. The number of aliphatic hydroxyl groups is 4. The molecule has 5 atom stereocenters. The Balaban J connectivity index is 1.82. The van der Waals surface area contributed by atoms with Gasteiger partial charge in [-0.25, -0.2) is 0 Å². The first kappa shape index (κ1) is 22.8. The first-order chi connectivity index (χ1) is 14.7. The number of ketones is 1. The Labute approximate surface area is 177 Å². The number of carbonyl (C=O) groups is 1. The van der Waals surface area contributed by atoms with E-state index >= 15 is 0 Å². The number of anilines is 1. The highest BCUT2D eigenvalue weighted by Crippen LogP contribution is 2.36. The fourth-order valence-corrected chi connectivity index (χ4v) is 3.32. The molecule has 1 saturated heterocycles. The van der Waals surface area contributed by atoms with Gasteiger partial charge in [-0.15, -0.1) is 0 Å². The fourth-order valence-electron chi connectivity index (χ4n) is 3.32. The summed E-state index contributed by atoms with van der Waals surface area (Å²) >= 11 is 0. The van der Waals surface area contributed by atoms with Crippen LogP contribution in [-0.4, -0.2) is 73.7 Å². The maximum atomic E-state index is 12.8. The van der Waals surface area contributed by atoms with Crippen LogP contribution in [0.25, 0.3) is 0 Å². The molecule has 8 N–H and O–H groups in total. The van der Waals surface area contributed by atoms with E-state index in [2.05, 4.69) is 0 Å². The number of aromatic hydroxyl groups is 2. The summed E-state index contributed by atoms with van der Waals surface area (Å²) in [5, 5.41) is 59.3. The molecular formula is C21H25NO9. The van der Waals surface area contributed by atoms with Crippen molar-refractivity contribution >= 4 is 11.5 Å². The second-order valence-electron chi connectivity index (χ2n) is 7.32. The van der Waals surface area contributed by atoms with Gasteiger partial charge in [0.25, 0.3) is 0 Å². The second-order valence-corrected chi connectivity index (χ2v) is 7.32. The van der Waals surface area contributed by atoms with Crippen LogP contribution in [0.5, 0.6) is 17.2 Å². The lowest BCUT2D eigenvalue weighted by Crippen LogP contribution is -2.60. The lowest BCUT2D eigenvalue weighted by Gasteiger charge is -2.39. The van der Waals surface area contributed by atoms with Crippen molar-refractivity contribution in [3.8, 4) is 17.2 Å². The summed E-state index contributed by atoms with van der Waals surface area (Å²) in [4.78, 5) is 12.8. The molecule has 1 aliphatic rings. The first-order valence-electron chi connectivity index (χ1n) is 9.62. The molecule has 1 aliphatic heterocycles. The van der Waals surface area contributed by atoms with E-state index in [9.17, 15) is 35.4 Å². The second kappa shape index (κ2) is 9.50. The SMILES string of the molecule is Nc1ccc(CCC(=O)c2c(O)cc(O)cc2O[C@@H]2O[C@H](CO)[C@@H](O)[C@H](O)[C@@H]2O)cc1. The van der Waals surface area contributed by atoms with Crippen LogP contribution in [0.2, 0.25) is 0 Å². The number of aliphatic hydroxyl groups excluding tert-OH is 4. The normalized spacial score (nSPS) is 25.9. The number of rotatable bonds is 7. The third kappa shape index (κ3) is 5.06. The summed E-state index contributed by atoms with van der Waals surface area (Å²) < 4.78 is 10.8. The van der Waals surface area contributed by atoms with Crippen molar-refractivity contribution in [1.29, 1.82) is 0 Å². The van der Waals surface area contributed by atoms with Crippen molar-refractivity contribution in [3.63, 3.8) is 0 Å². The van der Waals surface area contributed by atoms with Crippen LogP contribution in [0.4, 0.5) is 5.69 Å². The van der Waals surface area contributed by atoms with Crippen molar-refractivity contribution in [1.82, 2.24) is 0 Å². The molecule has 0 aromatic heterocycles. The average Bonchev–Trinajstić information content (AvgIpc) is 2.73. The number of hydrogen-bond acceptors (Lipinski definition) is 10. The lowest BCUT2D eigenvalue weighted by atomic mass is 9.99. The van der Waals surface area contributed by atoms with E-state index < -0.39 is 54.6 Å². The minimum Gasteiger partial charge on any atom is -0.508 e. The van der Waals surface area contributed by atoms with Gasteiger partial charge in [-0.2, -0.15) is 0 Å². The monoisotopic (exact) mass is 435 g/mol. The minimum absolute atomic E-state index is 0.00665. The van der Waals surface area contributed by atoms with Crippen molar-refractivity contribution < 1.29 is 44.9 Å². The summed E-state index contributed by atoms with van der Waals surface area (Å²) in [6.07, 6.45) is -7.46. The number of benzene rings is 2. The third-order valence-electron chi connectivity index (χ3n) is 5.06.